The Kier molecular flexibility index (Phi) is 7.86. The summed E-state index contributed by atoms with van der Waals surface area (Å²) in [5.74, 6) is 0. The second-order valence-electron chi connectivity index (χ2n) is 7.82. The van der Waals surface area contributed by atoms with Crippen molar-refractivity contribution in [2.75, 3.05) is 20.1 Å². The lowest BCUT2D eigenvalue weighted by atomic mass is 10.1. The lowest BCUT2D eigenvalue weighted by Gasteiger charge is -2.26. The van der Waals surface area contributed by atoms with Gasteiger partial charge in [-0.25, -0.2) is 9.79 Å². The molecule has 172 valence electrons. The molecule has 0 aliphatic carbocycles. The molecule has 1 aromatic heterocycles. The summed E-state index contributed by atoms with van der Waals surface area (Å²) in [7, 11) is 1.99. The minimum absolute atomic E-state index is 0.234. The van der Waals surface area contributed by atoms with Crippen molar-refractivity contribution in [3.63, 3.8) is 0 Å². The minimum atomic E-state index is -0.400. The molecule has 0 bridgehead atoms. The Morgan fingerprint density at radius 3 is 2.81 bits per heavy atom. The number of aliphatic imine (C=N–C) groups is 1. The quantitative estimate of drug-likeness (QED) is 0.485. The highest BCUT2D eigenvalue weighted by Gasteiger charge is 2.23. The third kappa shape index (κ3) is 5.27. The lowest BCUT2D eigenvalue weighted by molar-refractivity contribution is 0.141. The summed E-state index contributed by atoms with van der Waals surface area (Å²) in [6.07, 6.45) is 13.3. The van der Waals surface area contributed by atoms with E-state index in [0.717, 1.165) is 36.2 Å². The molecule has 1 amide bonds. The molecule has 1 fully saturated rings. The third-order valence-corrected chi connectivity index (χ3v) is 5.56. The molecule has 0 radical (unpaired) electrons. The van der Waals surface area contributed by atoms with Crippen molar-refractivity contribution in [2.24, 2.45) is 4.99 Å². The van der Waals surface area contributed by atoms with Gasteiger partial charge in [0.25, 0.3) is 0 Å². The maximum absolute atomic E-state index is 11.2. The zero-order chi connectivity index (χ0) is 23.1. The van der Waals surface area contributed by atoms with E-state index < -0.39 is 6.09 Å². The Hall–Kier alpha value is -3.36. The van der Waals surface area contributed by atoms with Crippen LogP contribution in [0.4, 0.5) is 4.79 Å². The number of nitrogens with zero attached hydrogens (tertiary/aromatic N) is 4. The summed E-state index contributed by atoms with van der Waals surface area (Å²) in [6.45, 7) is 7.36. The topological polar surface area (TPSA) is 108 Å². The van der Waals surface area contributed by atoms with Crippen LogP contribution in [0.2, 0.25) is 0 Å². The summed E-state index contributed by atoms with van der Waals surface area (Å²) < 4.78 is 7.15. The molecule has 3 rings (SSSR count). The van der Waals surface area contributed by atoms with E-state index in [4.69, 9.17) is 15.1 Å². The van der Waals surface area contributed by atoms with E-state index >= 15 is 0 Å². The van der Waals surface area contributed by atoms with Crippen LogP contribution in [0, 0.1) is 5.41 Å². The van der Waals surface area contributed by atoms with E-state index in [-0.39, 0.29) is 6.10 Å². The summed E-state index contributed by atoms with van der Waals surface area (Å²) in [4.78, 5) is 18.1. The first-order chi connectivity index (χ1) is 15.5. The number of carbonyl (C=O) groups is 1. The number of carbonyl (C=O) groups excluding carboxylic acids is 1. The monoisotopic (exact) mass is 439 g/mol. The number of hydrogen-bond acceptors (Lipinski definition) is 7. The SMILES string of the molecule is CC/C=C1/C(c2cnn(C(CC)CC)c2)=NC(/C(C=N)=C/NCC2CNC(=O)O2)=CN1C. The number of nitrogens with one attached hydrogen (secondary N) is 3. The highest BCUT2D eigenvalue weighted by Crippen LogP contribution is 2.25. The molecule has 0 aromatic carbocycles. The molecule has 9 nitrogen and oxygen atoms in total. The van der Waals surface area contributed by atoms with Crippen LogP contribution in [-0.2, 0) is 4.74 Å². The van der Waals surface area contributed by atoms with E-state index in [1.807, 2.05) is 29.0 Å². The van der Waals surface area contributed by atoms with Crippen LogP contribution >= 0.6 is 0 Å². The van der Waals surface area contributed by atoms with Gasteiger partial charge in [0, 0.05) is 43.0 Å². The molecule has 0 spiro atoms. The number of cyclic esters (lactones) is 1. The van der Waals surface area contributed by atoms with Crippen LogP contribution in [0.3, 0.4) is 0 Å². The molecule has 3 N–H and O–H groups in total. The number of hydrogen-bond donors (Lipinski definition) is 3. The normalized spacial score (nSPS) is 20.2. The predicted octanol–water partition coefficient (Wildman–Crippen LogP) is 3.35. The van der Waals surface area contributed by atoms with Gasteiger partial charge in [0.05, 0.1) is 42.4 Å². The Balaban J connectivity index is 1.87. The van der Waals surface area contributed by atoms with Crippen molar-refractivity contribution < 1.29 is 9.53 Å². The summed E-state index contributed by atoms with van der Waals surface area (Å²) in [6, 6.07) is 0.361. The van der Waals surface area contributed by atoms with Gasteiger partial charge in [0.1, 0.15) is 6.10 Å². The summed E-state index contributed by atoms with van der Waals surface area (Å²) in [5, 5.41) is 18.3. The second-order valence-corrected chi connectivity index (χ2v) is 7.82. The maximum atomic E-state index is 11.2. The molecule has 0 saturated carbocycles. The van der Waals surface area contributed by atoms with Crippen LogP contribution in [0.5, 0.6) is 0 Å². The van der Waals surface area contributed by atoms with E-state index in [1.54, 1.807) is 6.20 Å². The van der Waals surface area contributed by atoms with Gasteiger partial charge in [0.2, 0.25) is 0 Å². The Bertz CT molecular complexity index is 953. The maximum Gasteiger partial charge on any atom is 0.407 e. The fourth-order valence-electron chi connectivity index (χ4n) is 3.77. The van der Waals surface area contributed by atoms with Gasteiger partial charge in [-0.05, 0) is 19.3 Å². The van der Waals surface area contributed by atoms with E-state index in [1.165, 1.54) is 6.21 Å². The van der Waals surface area contributed by atoms with Crippen molar-refractivity contribution in [1.82, 2.24) is 25.3 Å². The van der Waals surface area contributed by atoms with Crippen LogP contribution in [0.15, 0.2) is 52.8 Å². The highest BCUT2D eigenvalue weighted by atomic mass is 16.6. The fraction of sp³-hybridized carbons (Fsp3) is 0.478. The molecule has 3 heterocycles. The first kappa shape index (κ1) is 23.3. The molecule has 2 aliphatic heterocycles. The molecule has 1 unspecified atom stereocenters. The van der Waals surface area contributed by atoms with Crippen LogP contribution in [0.25, 0.3) is 0 Å². The molecule has 1 atom stereocenters. The van der Waals surface area contributed by atoms with Crippen LogP contribution < -0.4 is 10.6 Å². The zero-order valence-corrected chi connectivity index (χ0v) is 19.3. The molecule has 9 heteroatoms. The second kappa shape index (κ2) is 10.8. The Morgan fingerprint density at radius 2 is 2.19 bits per heavy atom. The Morgan fingerprint density at radius 1 is 1.41 bits per heavy atom. The summed E-state index contributed by atoms with van der Waals surface area (Å²) in [5.41, 5.74) is 4.12. The molecule has 1 saturated heterocycles. The minimum Gasteiger partial charge on any atom is -0.442 e. The number of amides is 1. The van der Waals surface area contributed by atoms with Crippen molar-refractivity contribution in [3.8, 4) is 0 Å². The third-order valence-electron chi connectivity index (χ3n) is 5.56. The van der Waals surface area contributed by atoms with Crippen molar-refractivity contribution in [1.29, 1.82) is 5.41 Å². The van der Waals surface area contributed by atoms with Crippen molar-refractivity contribution in [2.45, 2.75) is 52.2 Å². The summed E-state index contributed by atoms with van der Waals surface area (Å²) >= 11 is 0. The van der Waals surface area contributed by atoms with Gasteiger partial charge in [-0.2, -0.15) is 5.10 Å². The average Bonchev–Trinajstić information content (AvgIpc) is 3.43. The first-order valence-electron chi connectivity index (χ1n) is 11.2. The number of alkyl carbamates (subject to hydrolysis) is 1. The fourth-order valence-corrected chi connectivity index (χ4v) is 3.77. The number of ether oxygens (including phenoxy) is 1. The van der Waals surface area contributed by atoms with Gasteiger partial charge < -0.3 is 25.7 Å². The van der Waals surface area contributed by atoms with E-state index in [9.17, 15) is 4.79 Å². The van der Waals surface area contributed by atoms with Crippen molar-refractivity contribution in [3.05, 3.63) is 53.4 Å². The highest BCUT2D eigenvalue weighted by molar-refractivity contribution is 6.13. The van der Waals surface area contributed by atoms with Crippen LogP contribution in [0.1, 0.15) is 51.6 Å². The zero-order valence-electron chi connectivity index (χ0n) is 19.3. The van der Waals surface area contributed by atoms with Gasteiger partial charge in [0.15, 0.2) is 0 Å². The molecule has 2 aliphatic rings. The molecule has 32 heavy (non-hydrogen) atoms. The number of likely N-dealkylation sites (N-methyl/N-ethyl adjacent to an activating group) is 1. The predicted molar refractivity (Wildman–Crippen MR) is 126 cm³/mol. The smallest absolute Gasteiger partial charge is 0.407 e. The van der Waals surface area contributed by atoms with Gasteiger partial charge in [-0.15, -0.1) is 0 Å². The molecule has 1 aromatic rings. The van der Waals surface area contributed by atoms with E-state index in [0.29, 0.717) is 30.4 Å². The first-order valence-corrected chi connectivity index (χ1v) is 11.2. The molecular weight excluding hydrogens is 406 g/mol. The van der Waals surface area contributed by atoms with Gasteiger partial charge in [-0.1, -0.05) is 26.8 Å². The number of rotatable bonds is 10. The Labute approximate surface area is 189 Å². The molecular formula is C23H33N7O2. The number of aromatic nitrogens is 2. The standard InChI is InChI=1S/C23H33N7O2/c1-5-8-21-22(17-11-27-30(14-17)18(6-2)7-3)28-20(15-29(21)4)16(9-24)10-25-12-19-13-26-23(31)32-19/h8-11,14-15,18-19,24-25H,5-7,12-13H2,1-4H3,(H,26,31)/b16-10+,21-8-,24-9?. The largest absolute Gasteiger partial charge is 0.442 e. The van der Waals surface area contributed by atoms with E-state index in [2.05, 4.69) is 48.8 Å². The van der Waals surface area contributed by atoms with Crippen LogP contribution in [-0.4, -0.2) is 58.9 Å². The van der Waals surface area contributed by atoms with Gasteiger partial charge >= 0.3 is 6.09 Å². The lowest BCUT2D eigenvalue weighted by Crippen LogP contribution is -2.27. The number of allylic oxidation sites excluding steroid dienone is 3. The van der Waals surface area contributed by atoms with Crippen molar-refractivity contribution >= 4 is 18.0 Å². The van der Waals surface area contributed by atoms with Gasteiger partial charge in [-0.3, -0.25) is 4.68 Å². The average molecular weight is 440 g/mol.